The Kier molecular flexibility index (Phi) is 4.90. The fourth-order valence-corrected chi connectivity index (χ4v) is 3.73. The minimum atomic E-state index is -3.40. The van der Waals surface area contributed by atoms with Gasteiger partial charge >= 0.3 is 5.69 Å². The molecule has 3 aromatic rings. The van der Waals surface area contributed by atoms with E-state index in [2.05, 4.69) is 20.0 Å². The van der Waals surface area contributed by atoms with Crippen molar-refractivity contribution in [1.82, 2.24) is 19.9 Å². The Hall–Kier alpha value is -3.47. The van der Waals surface area contributed by atoms with Crippen molar-refractivity contribution in [2.75, 3.05) is 11.0 Å². The topological polar surface area (TPSA) is 143 Å². The van der Waals surface area contributed by atoms with E-state index < -0.39 is 27.2 Å². The van der Waals surface area contributed by atoms with E-state index in [0.717, 1.165) is 19.1 Å². The molecule has 0 saturated heterocycles. The molecule has 30 heavy (non-hydrogen) atoms. The normalized spacial score (nSPS) is 13.9. The Morgan fingerprint density at radius 3 is 2.73 bits per heavy atom. The molecule has 2 aromatic heterocycles. The molecule has 1 aliphatic rings. The Balaban J connectivity index is 1.55. The van der Waals surface area contributed by atoms with Crippen molar-refractivity contribution >= 4 is 32.7 Å². The molecule has 11 heteroatoms. The van der Waals surface area contributed by atoms with E-state index in [-0.39, 0.29) is 29.2 Å². The highest BCUT2D eigenvalue weighted by atomic mass is 32.2. The predicted octanol–water partition coefficient (Wildman–Crippen LogP) is 0.721. The number of hydrogen-bond acceptors (Lipinski definition) is 6. The van der Waals surface area contributed by atoms with E-state index in [4.69, 9.17) is 0 Å². The van der Waals surface area contributed by atoms with Gasteiger partial charge in [-0.3, -0.25) is 23.9 Å². The average Bonchev–Trinajstić information content (AvgIpc) is 3.50. The van der Waals surface area contributed by atoms with Gasteiger partial charge in [0, 0.05) is 24.5 Å². The molecule has 1 amide bonds. The van der Waals surface area contributed by atoms with Crippen molar-refractivity contribution in [2.24, 2.45) is 0 Å². The minimum absolute atomic E-state index is 0.0249. The van der Waals surface area contributed by atoms with Crippen LogP contribution in [0.5, 0.6) is 0 Å². The number of anilines is 1. The lowest BCUT2D eigenvalue weighted by Gasteiger charge is -2.10. The summed E-state index contributed by atoms with van der Waals surface area (Å²) >= 11 is 0. The third kappa shape index (κ3) is 4.25. The zero-order valence-electron chi connectivity index (χ0n) is 16.0. The molecule has 0 radical (unpaired) electrons. The third-order valence-electron chi connectivity index (χ3n) is 4.64. The summed E-state index contributed by atoms with van der Waals surface area (Å²) < 4.78 is 26.5. The number of carbonyl (C=O) groups is 1. The first-order chi connectivity index (χ1) is 14.2. The second-order valence-electron chi connectivity index (χ2n) is 7.21. The van der Waals surface area contributed by atoms with Crippen LogP contribution in [0.15, 0.2) is 46.1 Å². The van der Waals surface area contributed by atoms with Crippen LogP contribution in [0.4, 0.5) is 5.69 Å². The zero-order chi connectivity index (χ0) is 21.5. The fraction of sp³-hybridized carbons (Fsp3) is 0.263. The molecular formula is C19H19N5O5S. The van der Waals surface area contributed by atoms with E-state index >= 15 is 0 Å². The molecule has 0 spiro atoms. The summed E-state index contributed by atoms with van der Waals surface area (Å²) in [6, 6.07) is 8.06. The molecule has 156 valence electrons. The standard InChI is InChI=1S/C19H19N5O5S/c1-30(28,29)23-13-4-2-3-11(7-13)9-21-17(25)12-8-15-16(20-10-12)24(14-5-6-14)19(27)22-18(15)26/h2-4,7-8,10,14,23H,5-6,9H2,1H3,(H,21,25)(H,22,26,27). The Bertz CT molecular complexity index is 1370. The molecule has 0 aliphatic heterocycles. The number of hydrogen-bond donors (Lipinski definition) is 3. The maximum atomic E-state index is 12.5. The Labute approximate surface area is 171 Å². The second kappa shape index (κ2) is 7.41. The van der Waals surface area contributed by atoms with Gasteiger partial charge in [0.25, 0.3) is 11.5 Å². The number of sulfonamides is 1. The molecule has 0 bridgehead atoms. The zero-order valence-corrected chi connectivity index (χ0v) is 16.8. The number of fused-ring (bicyclic) bond motifs is 1. The van der Waals surface area contributed by atoms with Gasteiger partial charge < -0.3 is 5.32 Å². The summed E-state index contributed by atoms with van der Waals surface area (Å²) in [7, 11) is -3.40. The van der Waals surface area contributed by atoms with Crippen LogP contribution in [-0.4, -0.2) is 35.1 Å². The highest BCUT2D eigenvalue weighted by Gasteiger charge is 2.27. The number of aromatic amines is 1. The first-order valence-electron chi connectivity index (χ1n) is 9.21. The largest absolute Gasteiger partial charge is 0.348 e. The number of amides is 1. The van der Waals surface area contributed by atoms with Gasteiger partial charge in [0.1, 0.15) is 5.65 Å². The summed E-state index contributed by atoms with van der Waals surface area (Å²) in [6.45, 7) is 0.147. The maximum absolute atomic E-state index is 12.5. The van der Waals surface area contributed by atoms with Crippen molar-refractivity contribution in [1.29, 1.82) is 0 Å². The van der Waals surface area contributed by atoms with E-state index in [1.54, 1.807) is 24.3 Å². The van der Waals surface area contributed by atoms with Gasteiger partial charge in [-0.25, -0.2) is 18.2 Å². The first-order valence-corrected chi connectivity index (χ1v) is 11.1. The van der Waals surface area contributed by atoms with Crippen molar-refractivity contribution < 1.29 is 13.2 Å². The fourth-order valence-electron chi connectivity index (χ4n) is 3.18. The van der Waals surface area contributed by atoms with Crippen molar-refractivity contribution in [2.45, 2.75) is 25.4 Å². The van der Waals surface area contributed by atoms with Crippen LogP contribution < -0.4 is 21.3 Å². The van der Waals surface area contributed by atoms with Crippen molar-refractivity contribution in [3.63, 3.8) is 0 Å². The number of nitrogens with one attached hydrogen (secondary N) is 3. The maximum Gasteiger partial charge on any atom is 0.330 e. The molecule has 2 heterocycles. The Morgan fingerprint density at radius 2 is 2.03 bits per heavy atom. The summed E-state index contributed by atoms with van der Waals surface area (Å²) in [5.41, 5.74) is 0.435. The average molecular weight is 429 g/mol. The van der Waals surface area contributed by atoms with Crippen LogP contribution in [0.3, 0.4) is 0 Å². The molecule has 1 fully saturated rings. The highest BCUT2D eigenvalue weighted by molar-refractivity contribution is 7.92. The summed E-state index contributed by atoms with van der Waals surface area (Å²) in [5, 5.41) is 2.89. The molecular weight excluding hydrogens is 410 g/mol. The monoisotopic (exact) mass is 429 g/mol. The number of rotatable bonds is 6. The number of H-pyrrole nitrogens is 1. The summed E-state index contributed by atoms with van der Waals surface area (Å²) in [4.78, 5) is 43.3. The summed E-state index contributed by atoms with van der Waals surface area (Å²) in [6.07, 6.45) is 4.08. The van der Waals surface area contributed by atoms with Crippen LogP contribution in [0.2, 0.25) is 0 Å². The molecule has 0 atom stereocenters. The van der Waals surface area contributed by atoms with Crippen LogP contribution in [-0.2, 0) is 16.6 Å². The highest BCUT2D eigenvalue weighted by Crippen LogP contribution is 2.34. The third-order valence-corrected chi connectivity index (χ3v) is 5.24. The van der Waals surface area contributed by atoms with Gasteiger partial charge in [0.2, 0.25) is 10.0 Å². The number of pyridine rings is 1. The molecule has 3 N–H and O–H groups in total. The molecule has 4 rings (SSSR count). The molecule has 1 aromatic carbocycles. The number of benzene rings is 1. The molecule has 1 saturated carbocycles. The van der Waals surface area contributed by atoms with Crippen LogP contribution in [0.1, 0.15) is 34.8 Å². The summed E-state index contributed by atoms with van der Waals surface area (Å²) in [5.74, 6) is -0.450. The van der Waals surface area contributed by atoms with Gasteiger partial charge in [-0.2, -0.15) is 0 Å². The SMILES string of the molecule is CS(=O)(=O)Nc1cccc(CNC(=O)c2cnc3c(c2)c(=O)[nH]c(=O)n3C2CC2)c1. The van der Waals surface area contributed by atoms with Crippen LogP contribution in [0.25, 0.3) is 11.0 Å². The lowest BCUT2D eigenvalue weighted by Crippen LogP contribution is -2.31. The van der Waals surface area contributed by atoms with E-state index in [0.29, 0.717) is 11.3 Å². The predicted molar refractivity (Wildman–Crippen MR) is 111 cm³/mol. The molecule has 1 aliphatic carbocycles. The molecule has 10 nitrogen and oxygen atoms in total. The number of nitrogens with zero attached hydrogens (tertiary/aromatic N) is 2. The first kappa shape index (κ1) is 19.8. The van der Waals surface area contributed by atoms with E-state index in [9.17, 15) is 22.8 Å². The van der Waals surface area contributed by atoms with Gasteiger partial charge in [0.05, 0.1) is 17.2 Å². The van der Waals surface area contributed by atoms with Crippen LogP contribution in [0, 0.1) is 0 Å². The van der Waals surface area contributed by atoms with Gasteiger partial charge in [0.15, 0.2) is 0 Å². The van der Waals surface area contributed by atoms with Gasteiger partial charge in [-0.1, -0.05) is 12.1 Å². The second-order valence-corrected chi connectivity index (χ2v) is 8.96. The molecule has 0 unspecified atom stereocenters. The number of carbonyl (C=O) groups excluding carboxylic acids is 1. The number of aromatic nitrogens is 3. The van der Waals surface area contributed by atoms with Crippen LogP contribution >= 0.6 is 0 Å². The Morgan fingerprint density at radius 1 is 1.27 bits per heavy atom. The lowest BCUT2D eigenvalue weighted by molar-refractivity contribution is 0.0950. The smallest absolute Gasteiger partial charge is 0.330 e. The van der Waals surface area contributed by atoms with Crippen molar-refractivity contribution in [3.05, 3.63) is 68.5 Å². The van der Waals surface area contributed by atoms with Gasteiger partial charge in [-0.15, -0.1) is 0 Å². The van der Waals surface area contributed by atoms with Gasteiger partial charge in [-0.05, 0) is 36.6 Å². The minimum Gasteiger partial charge on any atom is -0.348 e. The lowest BCUT2D eigenvalue weighted by atomic mass is 10.2. The van der Waals surface area contributed by atoms with E-state index in [1.165, 1.54) is 16.8 Å². The quantitative estimate of drug-likeness (QED) is 0.527. The van der Waals surface area contributed by atoms with Crippen molar-refractivity contribution in [3.8, 4) is 0 Å². The van der Waals surface area contributed by atoms with E-state index in [1.807, 2.05) is 0 Å².